The van der Waals surface area contributed by atoms with Crippen LogP contribution in [0.25, 0.3) is 0 Å². The molecule has 0 bridgehead atoms. The number of piperidine rings is 2. The lowest BCUT2D eigenvalue weighted by Crippen LogP contribution is -2.53. The van der Waals surface area contributed by atoms with Crippen LogP contribution >= 0.6 is 0 Å². The van der Waals surface area contributed by atoms with Crippen LogP contribution in [0.2, 0.25) is 0 Å². The quantitative estimate of drug-likeness (QED) is 0.315. The molecule has 0 spiro atoms. The van der Waals surface area contributed by atoms with Crippen LogP contribution in [-0.2, 0) is 9.59 Å². The number of aromatic nitrogens is 2. The van der Waals surface area contributed by atoms with Crippen molar-refractivity contribution in [3.05, 3.63) is 47.8 Å². The smallest absolute Gasteiger partial charge is 0.229 e. The van der Waals surface area contributed by atoms with Gasteiger partial charge in [0.25, 0.3) is 0 Å². The number of nitrogens with zero attached hydrogens (tertiary/aromatic N) is 4. The van der Waals surface area contributed by atoms with Crippen molar-refractivity contribution in [1.82, 2.24) is 30.4 Å². The molecule has 2 fully saturated rings. The molecule has 4 heterocycles. The molecule has 2 N–H and O–H groups in total. The Morgan fingerprint density at radius 1 is 0.750 bits per heavy atom. The first-order valence-electron chi connectivity index (χ1n) is 17.7. The molecule has 0 saturated carbocycles. The maximum atomic E-state index is 12.8. The topological polar surface area (TPSA) is 109 Å². The van der Waals surface area contributed by atoms with Gasteiger partial charge in [0.2, 0.25) is 23.6 Å². The summed E-state index contributed by atoms with van der Waals surface area (Å²) in [4.78, 5) is 38.7. The van der Waals surface area contributed by atoms with Crippen LogP contribution in [-0.4, -0.2) is 97.2 Å². The summed E-state index contributed by atoms with van der Waals surface area (Å²) in [5.74, 6) is 2.35. The van der Waals surface area contributed by atoms with Gasteiger partial charge in [-0.25, -0.2) is 9.97 Å². The van der Waals surface area contributed by atoms with E-state index in [0.29, 0.717) is 36.8 Å². The van der Waals surface area contributed by atoms with Crippen molar-refractivity contribution in [2.45, 2.75) is 93.2 Å². The number of hydrogen-bond acceptors (Lipinski definition) is 8. The molecule has 10 nitrogen and oxygen atoms in total. The Bertz CT molecular complexity index is 1220. The fourth-order valence-electron chi connectivity index (χ4n) is 6.24. The van der Waals surface area contributed by atoms with E-state index in [-0.39, 0.29) is 23.9 Å². The van der Waals surface area contributed by atoms with E-state index >= 15 is 0 Å². The van der Waals surface area contributed by atoms with Gasteiger partial charge in [-0.05, 0) is 106 Å². The summed E-state index contributed by atoms with van der Waals surface area (Å²) in [5, 5.41) is 6.53. The molecule has 268 valence electrons. The van der Waals surface area contributed by atoms with Crippen LogP contribution in [0.4, 0.5) is 0 Å². The number of rotatable bonds is 12. The van der Waals surface area contributed by atoms with Crippen molar-refractivity contribution in [3.63, 3.8) is 0 Å². The normalized spacial score (nSPS) is 22.2. The molecule has 0 aromatic carbocycles. The van der Waals surface area contributed by atoms with Crippen LogP contribution in [0.5, 0.6) is 11.8 Å². The fraction of sp³-hybridized carbons (Fsp3) is 0.684. The molecule has 4 rings (SSSR count). The first-order valence-corrected chi connectivity index (χ1v) is 17.7. The van der Waals surface area contributed by atoms with Gasteiger partial charge >= 0.3 is 0 Å². The van der Waals surface area contributed by atoms with Crippen molar-refractivity contribution in [2.24, 2.45) is 22.7 Å². The van der Waals surface area contributed by atoms with Crippen LogP contribution < -0.4 is 20.1 Å². The zero-order valence-corrected chi connectivity index (χ0v) is 31.3. The maximum Gasteiger partial charge on any atom is 0.229 e. The first-order chi connectivity index (χ1) is 22.7. The summed E-state index contributed by atoms with van der Waals surface area (Å²) in [6.45, 7) is 20.8. The predicted molar refractivity (Wildman–Crippen MR) is 192 cm³/mol. The van der Waals surface area contributed by atoms with E-state index in [2.05, 4.69) is 58.3 Å². The van der Waals surface area contributed by atoms with E-state index in [0.717, 1.165) is 63.0 Å². The van der Waals surface area contributed by atoms with Gasteiger partial charge in [0.1, 0.15) is 13.2 Å². The third-order valence-corrected chi connectivity index (χ3v) is 9.85. The third kappa shape index (κ3) is 11.4. The molecule has 2 aliphatic heterocycles. The van der Waals surface area contributed by atoms with Crippen molar-refractivity contribution in [3.8, 4) is 11.8 Å². The minimum absolute atomic E-state index is 0.0593. The molecule has 0 radical (unpaired) electrons. The van der Waals surface area contributed by atoms with Crippen molar-refractivity contribution in [2.75, 3.05) is 53.5 Å². The molecule has 0 unspecified atom stereocenters. The average molecular weight is 667 g/mol. The predicted octanol–water partition coefficient (Wildman–Crippen LogP) is 5.28. The molecule has 48 heavy (non-hydrogen) atoms. The van der Waals surface area contributed by atoms with Gasteiger partial charge in [0.15, 0.2) is 0 Å². The summed E-state index contributed by atoms with van der Waals surface area (Å²) in [5.41, 5.74) is 0.780. The maximum absolute atomic E-state index is 12.8. The number of nitrogens with one attached hydrogen (secondary N) is 2. The number of likely N-dealkylation sites (tertiary alicyclic amines) is 2. The number of hydrogen-bond donors (Lipinski definition) is 2. The van der Waals surface area contributed by atoms with Crippen molar-refractivity contribution >= 4 is 11.8 Å². The standard InChI is InChI=1S/2C19H31N3O2/c2*1-6-15-12-22(5)11-9-16(15)21-18(23)19(3,4)13-24-17-14(2)8-7-10-20-17/h2*7-8,10,15-16H,6,9,11-13H2,1-5H3,(H,21,23)/t2*15-,16-/m10/s1. The summed E-state index contributed by atoms with van der Waals surface area (Å²) in [6.07, 6.45) is 7.60. The lowest BCUT2D eigenvalue weighted by atomic mass is 9.87. The number of pyridine rings is 2. The highest BCUT2D eigenvalue weighted by Crippen LogP contribution is 2.25. The van der Waals surface area contributed by atoms with Crippen LogP contribution in [0.1, 0.15) is 78.4 Å². The summed E-state index contributed by atoms with van der Waals surface area (Å²) >= 11 is 0. The van der Waals surface area contributed by atoms with Gasteiger partial charge < -0.3 is 29.9 Å². The largest absolute Gasteiger partial charge is 0.476 e. The van der Waals surface area contributed by atoms with E-state index in [4.69, 9.17) is 9.47 Å². The Balaban J connectivity index is 0.000000260. The number of amides is 2. The van der Waals surface area contributed by atoms with E-state index in [1.807, 2.05) is 65.8 Å². The van der Waals surface area contributed by atoms with Crippen LogP contribution in [0, 0.1) is 36.5 Å². The van der Waals surface area contributed by atoms with E-state index in [1.165, 1.54) is 0 Å². The SMILES string of the molecule is CC[C@@H]1CN(C)CC[C@H]1NC(=O)C(C)(C)COc1ncccc1C.CC[C@H]1CN(C)CC[C@@H]1NC(=O)C(C)(C)COc1ncccc1C. The second-order valence-electron chi connectivity index (χ2n) is 15.2. The van der Waals surface area contributed by atoms with E-state index < -0.39 is 10.8 Å². The Hall–Kier alpha value is -3.24. The molecule has 4 atom stereocenters. The van der Waals surface area contributed by atoms with Gasteiger partial charge in [-0.15, -0.1) is 0 Å². The highest BCUT2D eigenvalue weighted by molar-refractivity contribution is 5.82. The summed E-state index contributed by atoms with van der Waals surface area (Å²) in [6, 6.07) is 8.19. The highest BCUT2D eigenvalue weighted by atomic mass is 16.5. The van der Waals surface area contributed by atoms with Gasteiger partial charge in [0, 0.05) is 48.7 Å². The highest BCUT2D eigenvalue weighted by Gasteiger charge is 2.35. The number of carbonyl (C=O) groups excluding carboxylic acids is 2. The van der Waals surface area contributed by atoms with Gasteiger partial charge in [-0.1, -0.05) is 38.8 Å². The fourth-order valence-corrected chi connectivity index (χ4v) is 6.24. The monoisotopic (exact) mass is 666 g/mol. The van der Waals surface area contributed by atoms with Crippen LogP contribution in [0.3, 0.4) is 0 Å². The van der Waals surface area contributed by atoms with Gasteiger partial charge in [-0.2, -0.15) is 0 Å². The lowest BCUT2D eigenvalue weighted by molar-refractivity contribution is -0.133. The Morgan fingerprint density at radius 2 is 1.12 bits per heavy atom. The van der Waals surface area contributed by atoms with Crippen LogP contribution in [0.15, 0.2) is 36.7 Å². The second kappa shape index (κ2) is 18.0. The van der Waals surface area contributed by atoms with E-state index in [9.17, 15) is 9.59 Å². The average Bonchev–Trinajstić information content (AvgIpc) is 3.05. The minimum Gasteiger partial charge on any atom is -0.476 e. The molecule has 2 amide bonds. The van der Waals surface area contributed by atoms with E-state index in [1.54, 1.807) is 12.4 Å². The third-order valence-electron chi connectivity index (χ3n) is 9.85. The zero-order valence-electron chi connectivity index (χ0n) is 31.3. The zero-order chi connectivity index (χ0) is 35.5. The second-order valence-corrected chi connectivity index (χ2v) is 15.2. The number of aryl methyl sites for hydroxylation is 2. The molecule has 2 saturated heterocycles. The molecule has 2 aromatic rings. The minimum atomic E-state index is -0.592. The molecule has 2 aromatic heterocycles. The number of carbonyl (C=O) groups is 2. The molecular weight excluding hydrogens is 604 g/mol. The summed E-state index contributed by atoms with van der Waals surface area (Å²) in [7, 11) is 4.29. The number of ether oxygens (including phenoxy) is 2. The van der Waals surface area contributed by atoms with Crippen molar-refractivity contribution < 1.29 is 19.1 Å². The lowest BCUT2D eigenvalue weighted by Gasteiger charge is -2.38. The van der Waals surface area contributed by atoms with Crippen molar-refractivity contribution in [1.29, 1.82) is 0 Å². The van der Waals surface area contributed by atoms with Gasteiger partial charge in [-0.3, -0.25) is 9.59 Å². The molecule has 2 aliphatic rings. The Labute approximate surface area is 289 Å². The molecule has 0 aliphatic carbocycles. The Kier molecular flexibility index (Phi) is 14.7. The summed E-state index contributed by atoms with van der Waals surface area (Å²) < 4.78 is 11.6. The molecule has 10 heteroatoms. The van der Waals surface area contributed by atoms with Gasteiger partial charge in [0.05, 0.1) is 10.8 Å². The first kappa shape index (κ1) is 39.2. The molecular formula is C38H62N6O4. The Morgan fingerprint density at radius 3 is 1.46 bits per heavy atom.